The standard InChI is InChI=1S/C33H32Cl2N4O4/c1-20-5-3-6-22(21(20)2)18-38(23-9-10-23)33(41)30-16-36-17-31(40)39(30)24-11-13-25(14-12-24)42-19-26-15-29(37-43-26)32-27(34)7-4-8-28(32)35/h3-8,11-15,23,30,36H,9-10,16-19H2,1-2H3. The van der Waals surface area contributed by atoms with Crippen LogP contribution in [-0.4, -0.2) is 47.0 Å². The van der Waals surface area contributed by atoms with Crippen molar-refractivity contribution in [3.63, 3.8) is 0 Å². The van der Waals surface area contributed by atoms with Crippen LogP contribution >= 0.6 is 23.2 Å². The van der Waals surface area contributed by atoms with E-state index >= 15 is 0 Å². The van der Waals surface area contributed by atoms with Gasteiger partial charge < -0.3 is 19.5 Å². The topological polar surface area (TPSA) is 87.9 Å². The van der Waals surface area contributed by atoms with E-state index in [4.69, 9.17) is 32.5 Å². The molecule has 6 rings (SSSR count). The van der Waals surface area contributed by atoms with Crippen LogP contribution < -0.4 is 15.0 Å². The molecule has 0 radical (unpaired) electrons. The number of aromatic nitrogens is 1. The molecule has 3 aromatic carbocycles. The molecule has 1 N–H and O–H groups in total. The molecular formula is C33H32Cl2N4O4. The summed E-state index contributed by atoms with van der Waals surface area (Å²) in [5.74, 6) is 0.900. The second-order valence-corrected chi connectivity index (χ2v) is 11.8. The van der Waals surface area contributed by atoms with Crippen molar-refractivity contribution < 1.29 is 18.8 Å². The molecule has 1 aliphatic heterocycles. The van der Waals surface area contributed by atoms with Gasteiger partial charge in [-0.05, 0) is 79.8 Å². The van der Waals surface area contributed by atoms with Gasteiger partial charge in [0.05, 0.1) is 16.6 Å². The predicted octanol–water partition coefficient (Wildman–Crippen LogP) is 6.34. The summed E-state index contributed by atoms with van der Waals surface area (Å²) in [6.45, 7) is 5.41. The maximum absolute atomic E-state index is 14.0. The maximum Gasteiger partial charge on any atom is 0.247 e. The minimum Gasteiger partial charge on any atom is -0.486 e. The summed E-state index contributed by atoms with van der Waals surface area (Å²) < 4.78 is 11.4. The number of nitrogens with zero attached hydrogens (tertiary/aromatic N) is 3. The molecule has 0 spiro atoms. The van der Waals surface area contributed by atoms with Crippen molar-refractivity contribution >= 4 is 40.7 Å². The van der Waals surface area contributed by atoms with Crippen LogP contribution in [0, 0.1) is 13.8 Å². The quantitative estimate of drug-likeness (QED) is 0.235. The smallest absolute Gasteiger partial charge is 0.247 e. The highest BCUT2D eigenvalue weighted by Gasteiger charge is 2.41. The molecule has 2 heterocycles. The molecule has 1 aromatic heterocycles. The van der Waals surface area contributed by atoms with E-state index in [1.807, 2.05) is 11.0 Å². The predicted molar refractivity (Wildman–Crippen MR) is 166 cm³/mol. The third-order valence-electron chi connectivity index (χ3n) is 8.08. The number of hydrogen-bond donors (Lipinski definition) is 1. The van der Waals surface area contributed by atoms with Gasteiger partial charge >= 0.3 is 0 Å². The van der Waals surface area contributed by atoms with Gasteiger partial charge in [0.2, 0.25) is 11.8 Å². The molecular weight excluding hydrogens is 587 g/mol. The summed E-state index contributed by atoms with van der Waals surface area (Å²) in [7, 11) is 0. The number of hydrogen-bond acceptors (Lipinski definition) is 6. The lowest BCUT2D eigenvalue weighted by atomic mass is 10.0. The average molecular weight is 620 g/mol. The summed E-state index contributed by atoms with van der Waals surface area (Å²) in [5.41, 5.74) is 5.31. The number of halogens is 2. The van der Waals surface area contributed by atoms with Crippen LogP contribution in [0.1, 0.15) is 35.3 Å². The molecule has 4 aromatic rings. The Balaban J connectivity index is 1.15. The average Bonchev–Trinajstić information content (AvgIpc) is 3.74. The first-order valence-electron chi connectivity index (χ1n) is 14.3. The molecule has 10 heteroatoms. The van der Waals surface area contributed by atoms with Crippen molar-refractivity contribution in [3.8, 4) is 17.0 Å². The first-order chi connectivity index (χ1) is 20.8. The highest BCUT2D eigenvalue weighted by Crippen LogP contribution is 2.35. The zero-order chi connectivity index (χ0) is 30.1. The van der Waals surface area contributed by atoms with Gasteiger partial charge in [-0.15, -0.1) is 0 Å². The molecule has 2 fully saturated rings. The minimum absolute atomic E-state index is 0.0379. The number of benzene rings is 3. The van der Waals surface area contributed by atoms with Gasteiger partial charge in [0.15, 0.2) is 5.76 Å². The van der Waals surface area contributed by atoms with Gasteiger partial charge in [0.25, 0.3) is 0 Å². The third-order valence-corrected chi connectivity index (χ3v) is 8.71. The maximum atomic E-state index is 14.0. The normalized spacial score (nSPS) is 16.8. The summed E-state index contributed by atoms with van der Waals surface area (Å²) in [6, 6.07) is 19.9. The van der Waals surface area contributed by atoms with Crippen LogP contribution in [0.2, 0.25) is 10.0 Å². The molecule has 2 aliphatic rings. The van der Waals surface area contributed by atoms with E-state index in [2.05, 4.69) is 36.5 Å². The Bertz CT molecular complexity index is 1630. The number of aryl methyl sites for hydroxylation is 1. The van der Waals surface area contributed by atoms with Crippen molar-refractivity contribution in [2.75, 3.05) is 18.0 Å². The number of anilines is 1. The van der Waals surface area contributed by atoms with E-state index in [-0.39, 0.29) is 31.0 Å². The molecule has 43 heavy (non-hydrogen) atoms. The number of ether oxygens (including phenoxy) is 1. The molecule has 1 saturated heterocycles. The van der Waals surface area contributed by atoms with Crippen LogP contribution in [0.4, 0.5) is 5.69 Å². The van der Waals surface area contributed by atoms with Crippen molar-refractivity contribution in [3.05, 3.63) is 99.2 Å². The molecule has 222 valence electrons. The van der Waals surface area contributed by atoms with E-state index in [9.17, 15) is 9.59 Å². The van der Waals surface area contributed by atoms with E-state index in [0.29, 0.717) is 51.6 Å². The summed E-state index contributed by atoms with van der Waals surface area (Å²) >= 11 is 12.6. The second-order valence-electron chi connectivity index (χ2n) is 11.0. The molecule has 1 saturated carbocycles. The second kappa shape index (κ2) is 12.4. The fourth-order valence-electron chi connectivity index (χ4n) is 5.42. The Morgan fingerprint density at radius 3 is 2.51 bits per heavy atom. The zero-order valence-electron chi connectivity index (χ0n) is 24.0. The van der Waals surface area contributed by atoms with Crippen LogP contribution in [0.3, 0.4) is 0 Å². The van der Waals surface area contributed by atoms with E-state index < -0.39 is 6.04 Å². The number of carbonyl (C=O) groups excluding carboxylic acids is 2. The Morgan fingerprint density at radius 1 is 1.07 bits per heavy atom. The monoisotopic (exact) mass is 618 g/mol. The number of nitrogens with one attached hydrogen (secondary N) is 1. The molecule has 1 aliphatic carbocycles. The molecule has 1 atom stereocenters. The fraction of sp³-hybridized carbons (Fsp3) is 0.303. The van der Waals surface area contributed by atoms with E-state index in [1.165, 1.54) is 11.1 Å². The number of piperazine rings is 1. The van der Waals surface area contributed by atoms with E-state index in [1.54, 1.807) is 53.4 Å². The lowest BCUT2D eigenvalue weighted by molar-refractivity contribution is -0.136. The van der Waals surface area contributed by atoms with Crippen LogP contribution in [-0.2, 0) is 22.7 Å². The lowest BCUT2D eigenvalue weighted by Crippen LogP contribution is -2.61. The zero-order valence-corrected chi connectivity index (χ0v) is 25.5. The fourth-order valence-corrected chi connectivity index (χ4v) is 6.01. The molecule has 2 amide bonds. The van der Waals surface area contributed by atoms with Gasteiger partial charge in [-0.2, -0.15) is 0 Å². The summed E-state index contributed by atoms with van der Waals surface area (Å²) in [6.07, 6.45) is 1.96. The first kappa shape index (κ1) is 29.2. The highest BCUT2D eigenvalue weighted by atomic mass is 35.5. The van der Waals surface area contributed by atoms with Crippen molar-refractivity contribution in [2.45, 2.75) is 51.9 Å². The third kappa shape index (κ3) is 6.27. The number of carbonyl (C=O) groups is 2. The lowest BCUT2D eigenvalue weighted by Gasteiger charge is -2.38. The number of rotatable bonds is 9. The van der Waals surface area contributed by atoms with Gasteiger partial charge in [-0.25, -0.2) is 0 Å². The van der Waals surface area contributed by atoms with Gasteiger partial charge in [0, 0.05) is 36.4 Å². The van der Waals surface area contributed by atoms with Crippen LogP contribution in [0.15, 0.2) is 71.3 Å². The van der Waals surface area contributed by atoms with Crippen molar-refractivity contribution in [1.29, 1.82) is 0 Å². The van der Waals surface area contributed by atoms with Gasteiger partial charge in [-0.3, -0.25) is 14.5 Å². The minimum atomic E-state index is -0.636. The Kier molecular flexibility index (Phi) is 8.43. The SMILES string of the molecule is Cc1cccc(CN(C(=O)C2CNCC(=O)N2c2ccc(OCc3cc(-c4c(Cl)cccc4Cl)no3)cc2)C2CC2)c1C. The summed E-state index contributed by atoms with van der Waals surface area (Å²) in [5, 5.41) is 8.18. The molecule has 8 nitrogen and oxygen atoms in total. The van der Waals surface area contributed by atoms with Gasteiger partial charge in [-0.1, -0.05) is 52.6 Å². The largest absolute Gasteiger partial charge is 0.486 e. The Hall–Kier alpha value is -3.85. The Labute approximate surface area is 260 Å². The van der Waals surface area contributed by atoms with Crippen molar-refractivity contribution in [2.24, 2.45) is 0 Å². The van der Waals surface area contributed by atoms with Gasteiger partial charge in [0.1, 0.15) is 24.1 Å². The van der Waals surface area contributed by atoms with Crippen molar-refractivity contribution in [1.82, 2.24) is 15.4 Å². The number of amides is 2. The first-order valence-corrected chi connectivity index (χ1v) is 15.1. The highest BCUT2D eigenvalue weighted by molar-refractivity contribution is 6.39. The Morgan fingerprint density at radius 2 is 1.79 bits per heavy atom. The van der Waals surface area contributed by atoms with Crippen LogP contribution in [0.5, 0.6) is 5.75 Å². The molecule has 0 bridgehead atoms. The van der Waals surface area contributed by atoms with E-state index in [0.717, 1.165) is 18.4 Å². The van der Waals surface area contributed by atoms with Crippen LogP contribution in [0.25, 0.3) is 11.3 Å². The summed E-state index contributed by atoms with van der Waals surface area (Å²) in [4.78, 5) is 30.8. The molecule has 1 unspecified atom stereocenters.